The zero-order chi connectivity index (χ0) is 13.5. The van der Waals surface area contributed by atoms with Gasteiger partial charge in [0.05, 0.1) is 13.2 Å². The summed E-state index contributed by atoms with van der Waals surface area (Å²) in [6, 6.07) is -0.398. The van der Waals surface area contributed by atoms with Crippen molar-refractivity contribution in [3.05, 3.63) is 0 Å². The van der Waals surface area contributed by atoms with E-state index in [1.54, 1.807) is 6.92 Å². The second kappa shape index (κ2) is 7.36. The van der Waals surface area contributed by atoms with Gasteiger partial charge in [0, 0.05) is 6.42 Å². The second-order valence-electron chi connectivity index (χ2n) is 4.57. The van der Waals surface area contributed by atoms with Crippen LogP contribution in [0, 0.1) is 0 Å². The molecule has 104 valence electrons. The van der Waals surface area contributed by atoms with Gasteiger partial charge < -0.3 is 14.4 Å². The van der Waals surface area contributed by atoms with E-state index in [4.69, 9.17) is 9.47 Å². The van der Waals surface area contributed by atoms with Crippen molar-refractivity contribution in [2.75, 3.05) is 19.8 Å². The van der Waals surface area contributed by atoms with E-state index in [0.717, 1.165) is 17.7 Å². The third-order valence-corrected chi connectivity index (χ3v) is 3.18. The van der Waals surface area contributed by atoms with E-state index in [0.29, 0.717) is 26.2 Å². The van der Waals surface area contributed by atoms with Gasteiger partial charge in [-0.25, -0.2) is 9.59 Å². The summed E-state index contributed by atoms with van der Waals surface area (Å²) < 4.78 is 10.2. The summed E-state index contributed by atoms with van der Waals surface area (Å²) in [5.74, 6) is -0.389. The van der Waals surface area contributed by atoms with Crippen molar-refractivity contribution in [2.45, 2.75) is 52.1 Å². The smallest absolute Gasteiger partial charge is 0.371 e. The van der Waals surface area contributed by atoms with Gasteiger partial charge in [0.15, 0.2) is 6.04 Å². The maximum Gasteiger partial charge on any atom is 0.371 e. The Kier molecular flexibility index (Phi) is 6.12. The van der Waals surface area contributed by atoms with Crippen molar-refractivity contribution in [3.8, 4) is 0 Å². The Morgan fingerprint density at radius 2 is 2.00 bits per heavy atom. The minimum atomic E-state index is -0.228. The number of nitrogens with one attached hydrogen (secondary N) is 1. The number of rotatable bonds is 8. The number of hydrogen-bond acceptors (Lipinski definition) is 4. The standard InChI is InChI=1S/C13H23NO4/c1-4-7-8-18-13(16)11-9-14(11)10(5-2)12(15)17-6-3/h10-11H,4-9H2,1-3H3/p+1/t10-,11-,14?/m0/s1. The lowest BCUT2D eigenvalue weighted by molar-refractivity contribution is -0.790. The minimum absolute atomic E-state index is 0.170. The zero-order valence-corrected chi connectivity index (χ0v) is 11.5. The zero-order valence-electron chi connectivity index (χ0n) is 11.5. The maximum absolute atomic E-state index is 11.7. The highest BCUT2D eigenvalue weighted by molar-refractivity contribution is 5.78. The van der Waals surface area contributed by atoms with Crippen LogP contribution < -0.4 is 4.90 Å². The van der Waals surface area contributed by atoms with E-state index >= 15 is 0 Å². The molecule has 0 saturated carbocycles. The molecular formula is C13H24NO4+. The van der Waals surface area contributed by atoms with Crippen LogP contribution in [-0.4, -0.2) is 43.8 Å². The van der Waals surface area contributed by atoms with Gasteiger partial charge in [-0.1, -0.05) is 20.3 Å². The molecule has 1 N–H and O–H groups in total. The van der Waals surface area contributed by atoms with Gasteiger partial charge in [-0.2, -0.15) is 0 Å². The van der Waals surface area contributed by atoms with Gasteiger partial charge in [-0.15, -0.1) is 0 Å². The molecule has 1 fully saturated rings. The topological polar surface area (TPSA) is 57.0 Å². The van der Waals surface area contributed by atoms with Crippen molar-refractivity contribution >= 4 is 11.9 Å². The van der Waals surface area contributed by atoms with Crippen LogP contribution in [0.4, 0.5) is 0 Å². The van der Waals surface area contributed by atoms with Crippen molar-refractivity contribution in [3.63, 3.8) is 0 Å². The second-order valence-corrected chi connectivity index (χ2v) is 4.57. The normalized spacial score (nSPS) is 23.3. The van der Waals surface area contributed by atoms with Gasteiger partial charge >= 0.3 is 11.9 Å². The van der Waals surface area contributed by atoms with Crippen molar-refractivity contribution in [1.29, 1.82) is 0 Å². The molecule has 0 aromatic heterocycles. The summed E-state index contributed by atoms with van der Waals surface area (Å²) in [7, 11) is 0. The van der Waals surface area contributed by atoms with Gasteiger partial charge in [-0.3, -0.25) is 0 Å². The predicted octanol–water partition coefficient (Wildman–Crippen LogP) is -0.0615. The number of quaternary nitrogens is 1. The molecule has 18 heavy (non-hydrogen) atoms. The van der Waals surface area contributed by atoms with Crippen LogP contribution in [0.25, 0.3) is 0 Å². The van der Waals surface area contributed by atoms with Crippen molar-refractivity contribution in [1.82, 2.24) is 0 Å². The van der Waals surface area contributed by atoms with E-state index < -0.39 is 0 Å². The molecule has 5 heteroatoms. The lowest BCUT2D eigenvalue weighted by Gasteiger charge is -2.12. The molecule has 0 bridgehead atoms. The summed E-state index contributed by atoms with van der Waals surface area (Å²) in [4.78, 5) is 24.4. The monoisotopic (exact) mass is 258 g/mol. The van der Waals surface area contributed by atoms with Crippen LogP contribution in [0.2, 0.25) is 0 Å². The third-order valence-electron chi connectivity index (χ3n) is 3.18. The first-order valence-electron chi connectivity index (χ1n) is 6.84. The summed E-state index contributed by atoms with van der Waals surface area (Å²) in [5.41, 5.74) is 0. The van der Waals surface area contributed by atoms with Crippen LogP contribution >= 0.6 is 0 Å². The first kappa shape index (κ1) is 15.0. The van der Waals surface area contributed by atoms with E-state index in [1.165, 1.54) is 0 Å². The predicted molar refractivity (Wildman–Crippen MR) is 66.2 cm³/mol. The molecule has 1 unspecified atom stereocenters. The van der Waals surface area contributed by atoms with Gasteiger partial charge in [0.25, 0.3) is 0 Å². The summed E-state index contributed by atoms with van der Waals surface area (Å²) in [6.45, 7) is 7.33. The molecule has 0 aromatic rings. The Morgan fingerprint density at radius 3 is 2.56 bits per heavy atom. The van der Waals surface area contributed by atoms with E-state index in [-0.39, 0.29) is 24.0 Å². The SMILES string of the molecule is CCCCOC(=O)[C@@H]1C[NH+]1[C@@H](CC)C(=O)OCC. The van der Waals surface area contributed by atoms with Gasteiger partial charge in [0.1, 0.15) is 6.54 Å². The first-order chi connectivity index (χ1) is 8.65. The number of ether oxygens (including phenoxy) is 2. The van der Waals surface area contributed by atoms with Crippen molar-refractivity contribution < 1.29 is 24.0 Å². The lowest BCUT2D eigenvalue weighted by atomic mass is 10.2. The molecule has 1 aliphatic rings. The van der Waals surface area contributed by atoms with Gasteiger partial charge in [0.2, 0.25) is 6.04 Å². The number of carbonyl (C=O) groups is 2. The third kappa shape index (κ3) is 3.98. The molecule has 5 nitrogen and oxygen atoms in total. The molecule has 1 heterocycles. The van der Waals surface area contributed by atoms with Crippen LogP contribution in [0.15, 0.2) is 0 Å². The molecule has 1 rings (SSSR count). The van der Waals surface area contributed by atoms with Crippen LogP contribution in [0.3, 0.4) is 0 Å². The Morgan fingerprint density at radius 1 is 1.28 bits per heavy atom. The Bertz CT molecular complexity index is 293. The summed E-state index contributed by atoms with van der Waals surface area (Å²) >= 11 is 0. The number of unbranched alkanes of at least 4 members (excludes halogenated alkanes) is 1. The number of carbonyl (C=O) groups excluding carboxylic acids is 2. The molecule has 0 aromatic carbocycles. The van der Waals surface area contributed by atoms with E-state index in [9.17, 15) is 9.59 Å². The lowest BCUT2D eigenvalue weighted by Crippen LogP contribution is -3.01. The molecule has 1 aliphatic heterocycles. The van der Waals surface area contributed by atoms with Crippen LogP contribution in [0.1, 0.15) is 40.0 Å². The maximum atomic E-state index is 11.7. The highest BCUT2D eigenvalue weighted by Crippen LogP contribution is 2.02. The average Bonchev–Trinajstić information content (AvgIpc) is 3.11. The van der Waals surface area contributed by atoms with Crippen LogP contribution in [0.5, 0.6) is 0 Å². The number of esters is 2. The first-order valence-corrected chi connectivity index (χ1v) is 6.84. The fourth-order valence-electron chi connectivity index (χ4n) is 2.04. The fourth-order valence-corrected chi connectivity index (χ4v) is 2.04. The number of hydrogen-bond donors (Lipinski definition) is 1. The molecule has 1 saturated heterocycles. The Hall–Kier alpha value is -1.10. The van der Waals surface area contributed by atoms with Crippen LogP contribution in [-0.2, 0) is 19.1 Å². The highest BCUT2D eigenvalue weighted by atomic mass is 16.5. The molecule has 0 radical (unpaired) electrons. The van der Waals surface area contributed by atoms with Crippen molar-refractivity contribution in [2.24, 2.45) is 0 Å². The molecule has 0 spiro atoms. The summed E-state index contributed by atoms with van der Waals surface area (Å²) in [6.07, 6.45) is 2.59. The molecule has 0 aliphatic carbocycles. The average molecular weight is 258 g/mol. The quantitative estimate of drug-likeness (QED) is 0.376. The van der Waals surface area contributed by atoms with E-state index in [2.05, 4.69) is 6.92 Å². The Balaban J connectivity index is 2.36. The highest BCUT2D eigenvalue weighted by Gasteiger charge is 2.54. The van der Waals surface area contributed by atoms with E-state index in [1.807, 2.05) is 6.92 Å². The fraction of sp³-hybridized carbons (Fsp3) is 0.846. The minimum Gasteiger partial charge on any atom is -0.462 e. The molecule has 3 atom stereocenters. The molecular weight excluding hydrogens is 234 g/mol. The molecule has 0 amide bonds. The Labute approximate surface area is 108 Å². The van der Waals surface area contributed by atoms with Gasteiger partial charge in [-0.05, 0) is 13.3 Å². The largest absolute Gasteiger partial charge is 0.462 e. The summed E-state index contributed by atoms with van der Waals surface area (Å²) in [5, 5.41) is 0.